The number of nitrogens with zero attached hydrogens (tertiary/aromatic N) is 3. The Hall–Kier alpha value is -1.81. The summed E-state index contributed by atoms with van der Waals surface area (Å²) in [6.45, 7) is 2.76. The molecule has 0 saturated heterocycles. The minimum atomic E-state index is 0.248. The molecule has 0 amide bonds. The van der Waals surface area contributed by atoms with Crippen LogP contribution >= 0.6 is 0 Å². The second-order valence-corrected chi connectivity index (χ2v) is 3.55. The first-order chi connectivity index (χ1) is 7.86. The molecule has 1 unspecified atom stereocenters. The Labute approximate surface area is 94.8 Å². The van der Waals surface area contributed by atoms with E-state index in [1.165, 1.54) is 5.56 Å². The second-order valence-electron chi connectivity index (χ2n) is 3.55. The summed E-state index contributed by atoms with van der Waals surface area (Å²) >= 11 is 0. The van der Waals surface area contributed by atoms with Gasteiger partial charge in [-0.15, -0.1) is 0 Å². The van der Waals surface area contributed by atoms with Gasteiger partial charge in [-0.25, -0.2) is 9.97 Å². The van der Waals surface area contributed by atoms with Gasteiger partial charge in [-0.2, -0.15) is 0 Å². The average Bonchev–Trinajstić information content (AvgIpc) is 2.38. The Kier molecular flexibility index (Phi) is 3.56. The zero-order valence-electron chi connectivity index (χ0n) is 9.17. The van der Waals surface area contributed by atoms with Gasteiger partial charge in [-0.1, -0.05) is 6.07 Å². The molecule has 0 aliphatic rings. The molecule has 2 aromatic rings. The van der Waals surface area contributed by atoms with Crippen molar-refractivity contribution in [3.05, 3.63) is 54.4 Å². The first-order valence-electron chi connectivity index (χ1n) is 5.25. The SMILES string of the molecule is CC(NCc1ncccn1)c1cccnc1. The Bertz CT molecular complexity index is 416. The quantitative estimate of drug-likeness (QED) is 0.842. The van der Waals surface area contributed by atoms with Crippen LogP contribution in [0.5, 0.6) is 0 Å². The predicted octanol–water partition coefficient (Wildman–Crippen LogP) is 1.72. The third kappa shape index (κ3) is 2.84. The summed E-state index contributed by atoms with van der Waals surface area (Å²) in [7, 11) is 0. The van der Waals surface area contributed by atoms with Gasteiger partial charge >= 0.3 is 0 Å². The molecule has 2 aromatic heterocycles. The molecule has 0 fully saturated rings. The van der Waals surface area contributed by atoms with E-state index in [0.717, 1.165) is 5.82 Å². The van der Waals surface area contributed by atoms with Gasteiger partial charge in [0.05, 0.1) is 6.54 Å². The number of hydrogen-bond acceptors (Lipinski definition) is 4. The van der Waals surface area contributed by atoms with Crippen molar-refractivity contribution in [3.63, 3.8) is 0 Å². The molecule has 0 aromatic carbocycles. The van der Waals surface area contributed by atoms with E-state index >= 15 is 0 Å². The minimum absolute atomic E-state index is 0.248. The lowest BCUT2D eigenvalue weighted by Crippen LogP contribution is -2.19. The molecular formula is C12H14N4. The van der Waals surface area contributed by atoms with E-state index in [9.17, 15) is 0 Å². The minimum Gasteiger partial charge on any atom is -0.303 e. The highest BCUT2D eigenvalue weighted by Crippen LogP contribution is 2.09. The maximum absolute atomic E-state index is 4.16. The van der Waals surface area contributed by atoms with Crippen molar-refractivity contribution in [2.75, 3.05) is 0 Å². The number of aromatic nitrogens is 3. The van der Waals surface area contributed by atoms with Crippen molar-refractivity contribution in [1.29, 1.82) is 0 Å². The van der Waals surface area contributed by atoms with Crippen molar-refractivity contribution in [2.45, 2.75) is 19.5 Å². The normalized spacial score (nSPS) is 12.3. The molecule has 0 aliphatic heterocycles. The van der Waals surface area contributed by atoms with E-state index in [2.05, 4.69) is 33.3 Å². The van der Waals surface area contributed by atoms with E-state index < -0.39 is 0 Å². The molecule has 82 valence electrons. The highest BCUT2D eigenvalue weighted by atomic mass is 15.0. The maximum atomic E-state index is 4.16. The zero-order chi connectivity index (χ0) is 11.2. The third-order valence-corrected chi connectivity index (χ3v) is 2.37. The summed E-state index contributed by atoms with van der Waals surface area (Å²) in [5.41, 5.74) is 1.17. The summed E-state index contributed by atoms with van der Waals surface area (Å²) < 4.78 is 0. The van der Waals surface area contributed by atoms with Crippen LogP contribution in [0.1, 0.15) is 24.4 Å². The molecule has 2 rings (SSSR count). The van der Waals surface area contributed by atoms with Crippen LogP contribution in [0.4, 0.5) is 0 Å². The van der Waals surface area contributed by atoms with Crippen LogP contribution in [0.25, 0.3) is 0 Å². The average molecular weight is 214 g/mol. The highest BCUT2D eigenvalue weighted by Gasteiger charge is 2.04. The fourth-order valence-electron chi connectivity index (χ4n) is 1.42. The Morgan fingerprint density at radius 2 is 2.00 bits per heavy atom. The van der Waals surface area contributed by atoms with Crippen LogP contribution < -0.4 is 5.32 Å². The summed E-state index contributed by atoms with van der Waals surface area (Å²) in [6.07, 6.45) is 7.14. The van der Waals surface area contributed by atoms with Crippen molar-refractivity contribution in [1.82, 2.24) is 20.3 Å². The molecule has 0 spiro atoms. The maximum Gasteiger partial charge on any atom is 0.141 e. The first kappa shape index (κ1) is 10.7. The summed E-state index contributed by atoms with van der Waals surface area (Å²) in [5.74, 6) is 0.804. The lowest BCUT2D eigenvalue weighted by atomic mass is 10.1. The van der Waals surface area contributed by atoms with Crippen molar-refractivity contribution < 1.29 is 0 Å². The van der Waals surface area contributed by atoms with Gasteiger partial charge in [0, 0.05) is 30.8 Å². The van der Waals surface area contributed by atoms with Crippen LogP contribution in [0.3, 0.4) is 0 Å². The van der Waals surface area contributed by atoms with Gasteiger partial charge < -0.3 is 5.32 Å². The molecule has 1 N–H and O–H groups in total. The van der Waals surface area contributed by atoms with Crippen LogP contribution in [-0.2, 0) is 6.54 Å². The van der Waals surface area contributed by atoms with Crippen LogP contribution in [0.2, 0.25) is 0 Å². The molecular weight excluding hydrogens is 200 g/mol. The molecule has 0 radical (unpaired) electrons. The lowest BCUT2D eigenvalue weighted by Gasteiger charge is -2.12. The molecule has 1 atom stereocenters. The topological polar surface area (TPSA) is 50.7 Å². The van der Waals surface area contributed by atoms with Gasteiger partial charge in [-0.05, 0) is 24.6 Å². The highest BCUT2D eigenvalue weighted by molar-refractivity contribution is 5.12. The van der Waals surface area contributed by atoms with Crippen LogP contribution in [-0.4, -0.2) is 15.0 Å². The van der Waals surface area contributed by atoms with Gasteiger partial charge in [0.15, 0.2) is 0 Å². The fraction of sp³-hybridized carbons (Fsp3) is 0.250. The second kappa shape index (κ2) is 5.32. The largest absolute Gasteiger partial charge is 0.303 e. The third-order valence-electron chi connectivity index (χ3n) is 2.37. The van der Waals surface area contributed by atoms with E-state index in [1.807, 2.05) is 18.3 Å². The summed E-state index contributed by atoms with van der Waals surface area (Å²) in [5, 5.41) is 3.35. The van der Waals surface area contributed by atoms with Gasteiger partial charge in [0.1, 0.15) is 5.82 Å². The molecule has 0 bridgehead atoms. The van der Waals surface area contributed by atoms with Crippen molar-refractivity contribution in [2.24, 2.45) is 0 Å². The number of rotatable bonds is 4. The molecule has 0 aliphatic carbocycles. The van der Waals surface area contributed by atoms with E-state index in [4.69, 9.17) is 0 Å². The predicted molar refractivity (Wildman–Crippen MR) is 61.5 cm³/mol. The molecule has 16 heavy (non-hydrogen) atoms. The Balaban J connectivity index is 1.92. The van der Waals surface area contributed by atoms with Crippen molar-refractivity contribution >= 4 is 0 Å². The van der Waals surface area contributed by atoms with Gasteiger partial charge in [0.25, 0.3) is 0 Å². The number of pyridine rings is 1. The number of nitrogens with one attached hydrogen (secondary N) is 1. The Morgan fingerprint density at radius 3 is 2.69 bits per heavy atom. The molecule has 4 heteroatoms. The molecule has 4 nitrogen and oxygen atoms in total. The van der Waals surface area contributed by atoms with Gasteiger partial charge in [0.2, 0.25) is 0 Å². The lowest BCUT2D eigenvalue weighted by molar-refractivity contribution is 0.557. The molecule has 2 heterocycles. The van der Waals surface area contributed by atoms with Gasteiger partial charge in [-0.3, -0.25) is 4.98 Å². The summed E-state index contributed by atoms with van der Waals surface area (Å²) in [6, 6.07) is 6.05. The van der Waals surface area contributed by atoms with E-state index in [1.54, 1.807) is 18.6 Å². The zero-order valence-corrected chi connectivity index (χ0v) is 9.17. The smallest absolute Gasteiger partial charge is 0.141 e. The van der Waals surface area contributed by atoms with Crippen LogP contribution in [0, 0.1) is 0 Å². The fourth-order valence-corrected chi connectivity index (χ4v) is 1.42. The molecule has 0 saturated carbocycles. The monoisotopic (exact) mass is 214 g/mol. The summed E-state index contributed by atoms with van der Waals surface area (Å²) in [4.78, 5) is 12.4. The van der Waals surface area contributed by atoms with Crippen LogP contribution in [0.15, 0.2) is 43.0 Å². The first-order valence-corrected chi connectivity index (χ1v) is 5.25. The number of hydrogen-bond donors (Lipinski definition) is 1. The standard InChI is InChI=1S/C12H14N4/c1-10(11-4-2-5-13-8-11)16-9-12-14-6-3-7-15-12/h2-8,10,16H,9H2,1H3. The van der Waals surface area contributed by atoms with Crippen molar-refractivity contribution in [3.8, 4) is 0 Å². The van der Waals surface area contributed by atoms with E-state index in [-0.39, 0.29) is 6.04 Å². The van der Waals surface area contributed by atoms with E-state index in [0.29, 0.717) is 6.54 Å². The Morgan fingerprint density at radius 1 is 1.19 bits per heavy atom.